The second-order valence-electron chi connectivity index (χ2n) is 6.46. The van der Waals surface area contributed by atoms with E-state index in [1.54, 1.807) is 0 Å². The Morgan fingerprint density at radius 2 is 1.50 bits per heavy atom. The van der Waals surface area contributed by atoms with Crippen molar-refractivity contribution in [2.45, 2.75) is 59.0 Å². The summed E-state index contributed by atoms with van der Waals surface area (Å²) >= 11 is 0. The Morgan fingerprint density at radius 3 is 1.94 bits per heavy atom. The molecule has 1 aromatic rings. The fraction of sp³-hybridized carbons (Fsp3) is 0.647. The molecule has 0 aliphatic heterocycles. The van der Waals surface area contributed by atoms with Gasteiger partial charge in [-0.15, -0.1) is 0 Å². The predicted molar refractivity (Wildman–Crippen MR) is 76.7 cm³/mol. The molecule has 1 nitrogen and oxygen atoms in total. The third-order valence-corrected chi connectivity index (χ3v) is 4.61. The van der Waals surface area contributed by atoms with Crippen LogP contribution in [0.15, 0.2) is 12.1 Å². The van der Waals surface area contributed by atoms with Crippen LogP contribution in [0.5, 0.6) is 0 Å². The van der Waals surface area contributed by atoms with E-state index in [1.165, 1.54) is 47.9 Å². The zero-order valence-electron chi connectivity index (χ0n) is 11.9. The first kappa shape index (κ1) is 12.2. The minimum atomic E-state index is 0.810. The number of nitrogens with one attached hydrogen (secondary N) is 1. The lowest BCUT2D eigenvalue weighted by molar-refractivity contribution is 0.415. The lowest BCUT2D eigenvalue weighted by atomic mass is 9.99. The Morgan fingerprint density at radius 1 is 1.00 bits per heavy atom. The molecule has 0 spiro atoms. The number of rotatable bonds is 5. The van der Waals surface area contributed by atoms with Crippen LogP contribution in [0.25, 0.3) is 0 Å². The van der Waals surface area contributed by atoms with Crippen molar-refractivity contribution in [2.75, 3.05) is 0 Å². The van der Waals surface area contributed by atoms with Crippen molar-refractivity contribution in [3.8, 4) is 0 Å². The van der Waals surface area contributed by atoms with Gasteiger partial charge in [0, 0.05) is 12.6 Å². The number of benzene rings is 1. The molecule has 3 rings (SSSR count). The highest BCUT2D eigenvalue weighted by molar-refractivity contribution is 5.37. The van der Waals surface area contributed by atoms with Crippen molar-refractivity contribution >= 4 is 0 Å². The fourth-order valence-corrected chi connectivity index (χ4v) is 3.34. The van der Waals surface area contributed by atoms with E-state index in [2.05, 4.69) is 38.2 Å². The maximum Gasteiger partial charge on any atom is 0.0213 e. The average Bonchev–Trinajstić information content (AvgIpc) is 3.12. The molecule has 0 aromatic heterocycles. The summed E-state index contributed by atoms with van der Waals surface area (Å²) < 4.78 is 0. The van der Waals surface area contributed by atoms with Crippen LogP contribution in [0.4, 0.5) is 0 Å². The van der Waals surface area contributed by atoms with Gasteiger partial charge in [0.15, 0.2) is 0 Å². The molecule has 0 amide bonds. The number of hydrogen-bond donors (Lipinski definition) is 1. The van der Waals surface area contributed by atoms with Crippen LogP contribution < -0.4 is 5.32 Å². The molecule has 2 saturated carbocycles. The standard InChI is InChI=1S/C17H25N/c1-11-8-12(2)16(13(3)9-11)10-18-17(14-4-5-14)15-6-7-15/h8-9,14-15,17-18H,4-7,10H2,1-3H3. The van der Waals surface area contributed by atoms with Crippen molar-refractivity contribution < 1.29 is 0 Å². The first-order valence-corrected chi connectivity index (χ1v) is 7.45. The quantitative estimate of drug-likeness (QED) is 0.827. The summed E-state index contributed by atoms with van der Waals surface area (Å²) in [5.74, 6) is 1.98. The van der Waals surface area contributed by atoms with Crippen molar-refractivity contribution in [3.63, 3.8) is 0 Å². The van der Waals surface area contributed by atoms with Gasteiger partial charge in [-0.2, -0.15) is 0 Å². The molecular weight excluding hydrogens is 218 g/mol. The highest BCUT2D eigenvalue weighted by Gasteiger charge is 2.40. The van der Waals surface area contributed by atoms with E-state index in [1.807, 2.05) is 0 Å². The van der Waals surface area contributed by atoms with Gasteiger partial charge >= 0.3 is 0 Å². The summed E-state index contributed by atoms with van der Waals surface area (Å²) in [4.78, 5) is 0. The van der Waals surface area contributed by atoms with Gasteiger partial charge in [-0.3, -0.25) is 0 Å². The predicted octanol–water partition coefficient (Wildman–Crippen LogP) is 3.89. The number of aryl methyl sites for hydroxylation is 3. The average molecular weight is 243 g/mol. The van der Waals surface area contributed by atoms with Crippen LogP contribution in [-0.2, 0) is 6.54 Å². The normalized spacial score (nSPS) is 19.6. The van der Waals surface area contributed by atoms with Crippen LogP contribution in [0.3, 0.4) is 0 Å². The first-order chi connectivity index (χ1) is 8.65. The van der Waals surface area contributed by atoms with E-state index in [4.69, 9.17) is 0 Å². The van der Waals surface area contributed by atoms with Crippen LogP contribution in [-0.4, -0.2) is 6.04 Å². The highest BCUT2D eigenvalue weighted by Crippen LogP contribution is 2.44. The van der Waals surface area contributed by atoms with E-state index in [0.717, 1.165) is 24.4 Å². The maximum absolute atomic E-state index is 3.86. The van der Waals surface area contributed by atoms with Crippen molar-refractivity contribution in [2.24, 2.45) is 11.8 Å². The summed E-state index contributed by atoms with van der Waals surface area (Å²) in [6, 6.07) is 5.44. The van der Waals surface area contributed by atoms with Crippen LogP contribution >= 0.6 is 0 Å². The molecule has 1 N–H and O–H groups in total. The third kappa shape index (κ3) is 2.61. The van der Waals surface area contributed by atoms with E-state index in [9.17, 15) is 0 Å². The zero-order chi connectivity index (χ0) is 12.7. The minimum Gasteiger partial charge on any atom is -0.309 e. The summed E-state index contributed by atoms with van der Waals surface area (Å²) in [7, 11) is 0. The molecule has 0 radical (unpaired) electrons. The lowest BCUT2D eigenvalue weighted by Gasteiger charge is -2.20. The van der Waals surface area contributed by atoms with Gasteiger partial charge in [0.05, 0.1) is 0 Å². The van der Waals surface area contributed by atoms with Gasteiger partial charge in [-0.25, -0.2) is 0 Å². The van der Waals surface area contributed by atoms with Gasteiger partial charge in [0.25, 0.3) is 0 Å². The second-order valence-corrected chi connectivity index (χ2v) is 6.46. The summed E-state index contributed by atoms with van der Waals surface area (Å²) in [6.07, 6.45) is 5.83. The molecule has 0 atom stereocenters. The van der Waals surface area contributed by atoms with Crippen molar-refractivity contribution in [3.05, 3.63) is 34.4 Å². The molecule has 0 unspecified atom stereocenters. The molecule has 1 aromatic carbocycles. The number of hydrogen-bond acceptors (Lipinski definition) is 1. The summed E-state index contributed by atoms with van der Waals surface area (Å²) in [6.45, 7) is 7.75. The van der Waals surface area contributed by atoms with Gasteiger partial charge in [-0.1, -0.05) is 17.7 Å². The summed E-state index contributed by atoms with van der Waals surface area (Å²) in [5, 5.41) is 3.86. The molecule has 18 heavy (non-hydrogen) atoms. The summed E-state index contributed by atoms with van der Waals surface area (Å²) in [5.41, 5.74) is 5.80. The van der Waals surface area contributed by atoms with Gasteiger partial charge < -0.3 is 5.32 Å². The Labute approximate surface area is 111 Å². The Kier molecular flexibility index (Phi) is 3.19. The van der Waals surface area contributed by atoms with E-state index >= 15 is 0 Å². The zero-order valence-corrected chi connectivity index (χ0v) is 11.9. The van der Waals surface area contributed by atoms with Crippen LogP contribution in [0, 0.1) is 32.6 Å². The van der Waals surface area contributed by atoms with E-state index < -0.39 is 0 Å². The van der Waals surface area contributed by atoms with Crippen LogP contribution in [0.2, 0.25) is 0 Å². The largest absolute Gasteiger partial charge is 0.309 e. The monoisotopic (exact) mass is 243 g/mol. The van der Waals surface area contributed by atoms with Crippen LogP contribution in [0.1, 0.15) is 47.9 Å². The maximum atomic E-state index is 3.86. The van der Waals surface area contributed by atoms with E-state index in [0.29, 0.717) is 0 Å². The molecule has 2 fully saturated rings. The molecular formula is C17H25N. The van der Waals surface area contributed by atoms with E-state index in [-0.39, 0.29) is 0 Å². The molecule has 2 aliphatic rings. The molecule has 98 valence electrons. The Balaban J connectivity index is 1.68. The van der Waals surface area contributed by atoms with Gasteiger partial charge in [0.2, 0.25) is 0 Å². The lowest BCUT2D eigenvalue weighted by Crippen LogP contribution is -2.33. The minimum absolute atomic E-state index is 0.810. The highest BCUT2D eigenvalue weighted by atomic mass is 14.9. The Hall–Kier alpha value is -0.820. The molecule has 0 saturated heterocycles. The Bertz CT molecular complexity index is 406. The van der Waals surface area contributed by atoms with Gasteiger partial charge in [0.1, 0.15) is 0 Å². The molecule has 2 aliphatic carbocycles. The fourth-order valence-electron chi connectivity index (χ4n) is 3.34. The molecule has 0 heterocycles. The third-order valence-electron chi connectivity index (χ3n) is 4.61. The first-order valence-electron chi connectivity index (χ1n) is 7.45. The topological polar surface area (TPSA) is 12.0 Å². The second kappa shape index (κ2) is 4.70. The smallest absolute Gasteiger partial charge is 0.0213 e. The van der Waals surface area contributed by atoms with Crippen molar-refractivity contribution in [1.82, 2.24) is 5.32 Å². The SMILES string of the molecule is Cc1cc(C)c(CNC(C2CC2)C2CC2)c(C)c1. The molecule has 0 bridgehead atoms. The van der Waals surface area contributed by atoms with Crippen molar-refractivity contribution in [1.29, 1.82) is 0 Å². The van der Waals surface area contributed by atoms with Gasteiger partial charge in [-0.05, 0) is 75.0 Å². The molecule has 1 heteroatoms.